The van der Waals surface area contributed by atoms with Crippen LogP contribution in [0.25, 0.3) is 0 Å². The molecular formula is C18H18N4O. The molecule has 3 aromatic rings. The van der Waals surface area contributed by atoms with Gasteiger partial charge in [-0.3, -0.25) is 0 Å². The molecule has 0 saturated carbocycles. The lowest BCUT2D eigenvalue weighted by Gasteiger charge is -2.13. The molecule has 0 spiro atoms. The minimum absolute atomic E-state index is 0.381. The summed E-state index contributed by atoms with van der Waals surface area (Å²) >= 11 is 0. The van der Waals surface area contributed by atoms with E-state index in [4.69, 9.17) is 0 Å². The predicted octanol–water partition coefficient (Wildman–Crippen LogP) is 3.37. The van der Waals surface area contributed by atoms with Crippen LogP contribution in [0.4, 0.5) is 17.5 Å². The third kappa shape index (κ3) is 4.28. The van der Waals surface area contributed by atoms with E-state index in [9.17, 15) is 5.11 Å². The summed E-state index contributed by atoms with van der Waals surface area (Å²) in [6.45, 7) is 0.381. The van der Waals surface area contributed by atoms with Crippen LogP contribution < -0.4 is 10.6 Å². The quantitative estimate of drug-likeness (QED) is 0.651. The van der Waals surface area contributed by atoms with E-state index in [-0.39, 0.29) is 0 Å². The SMILES string of the molecule is OC(CNc1ccnc(Nc2ccccc2)n1)c1ccccc1. The van der Waals surface area contributed by atoms with Gasteiger partial charge in [0.2, 0.25) is 5.95 Å². The molecule has 5 heteroatoms. The van der Waals surface area contributed by atoms with Crippen LogP contribution in [0.2, 0.25) is 0 Å². The summed E-state index contributed by atoms with van der Waals surface area (Å²) in [6, 6.07) is 21.0. The van der Waals surface area contributed by atoms with E-state index >= 15 is 0 Å². The van der Waals surface area contributed by atoms with Gasteiger partial charge >= 0.3 is 0 Å². The summed E-state index contributed by atoms with van der Waals surface area (Å²) in [5, 5.41) is 16.4. The fourth-order valence-corrected chi connectivity index (χ4v) is 2.16. The number of para-hydroxylation sites is 1. The highest BCUT2D eigenvalue weighted by atomic mass is 16.3. The number of aliphatic hydroxyl groups is 1. The lowest BCUT2D eigenvalue weighted by atomic mass is 10.1. The number of nitrogens with one attached hydrogen (secondary N) is 2. The minimum Gasteiger partial charge on any atom is -0.387 e. The Bertz CT molecular complexity index is 734. The highest BCUT2D eigenvalue weighted by Crippen LogP contribution is 2.15. The van der Waals surface area contributed by atoms with Crippen molar-refractivity contribution >= 4 is 17.5 Å². The zero-order chi connectivity index (χ0) is 15.9. The normalized spacial score (nSPS) is 11.7. The van der Waals surface area contributed by atoms with Crippen LogP contribution in [-0.2, 0) is 0 Å². The Morgan fingerprint density at radius 1 is 0.913 bits per heavy atom. The maximum Gasteiger partial charge on any atom is 0.229 e. The summed E-state index contributed by atoms with van der Waals surface area (Å²) in [5.74, 6) is 1.17. The molecule has 1 unspecified atom stereocenters. The third-order valence-corrected chi connectivity index (χ3v) is 3.35. The monoisotopic (exact) mass is 306 g/mol. The van der Waals surface area contributed by atoms with Crippen molar-refractivity contribution in [3.8, 4) is 0 Å². The van der Waals surface area contributed by atoms with Gasteiger partial charge in [-0.2, -0.15) is 4.98 Å². The largest absolute Gasteiger partial charge is 0.387 e. The third-order valence-electron chi connectivity index (χ3n) is 3.35. The molecule has 0 aliphatic heterocycles. The van der Waals surface area contributed by atoms with Crippen molar-refractivity contribution in [2.45, 2.75) is 6.10 Å². The molecule has 0 amide bonds. The first-order chi connectivity index (χ1) is 11.3. The Balaban J connectivity index is 1.61. The highest BCUT2D eigenvalue weighted by molar-refractivity contribution is 5.54. The van der Waals surface area contributed by atoms with Crippen LogP contribution >= 0.6 is 0 Å². The van der Waals surface area contributed by atoms with Crippen molar-refractivity contribution in [3.05, 3.63) is 78.5 Å². The van der Waals surface area contributed by atoms with Crippen LogP contribution in [-0.4, -0.2) is 21.6 Å². The van der Waals surface area contributed by atoms with Crippen LogP contribution in [0, 0.1) is 0 Å². The molecule has 5 nitrogen and oxygen atoms in total. The fraction of sp³-hybridized carbons (Fsp3) is 0.111. The highest BCUT2D eigenvalue weighted by Gasteiger charge is 2.07. The van der Waals surface area contributed by atoms with E-state index in [1.807, 2.05) is 60.7 Å². The molecule has 23 heavy (non-hydrogen) atoms. The summed E-state index contributed by atoms with van der Waals surface area (Å²) < 4.78 is 0. The van der Waals surface area contributed by atoms with E-state index in [0.29, 0.717) is 18.3 Å². The Kier molecular flexibility index (Phi) is 4.81. The molecule has 1 heterocycles. The van der Waals surface area contributed by atoms with E-state index in [2.05, 4.69) is 20.6 Å². The van der Waals surface area contributed by atoms with E-state index in [0.717, 1.165) is 11.3 Å². The number of hydrogen-bond donors (Lipinski definition) is 3. The molecular weight excluding hydrogens is 288 g/mol. The van der Waals surface area contributed by atoms with Crippen molar-refractivity contribution in [2.75, 3.05) is 17.2 Å². The number of benzene rings is 2. The standard InChI is InChI=1S/C18H18N4O/c23-16(14-7-3-1-4-8-14)13-20-17-11-12-19-18(22-17)21-15-9-5-2-6-10-15/h1-12,16,23H,13H2,(H2,19,20,21,22). The minimum atomic E-state index is -0.586. The maximum absolute atomic E-state index is 10.2. The summed E-state index contributed by atoms with van der Waals surface area (Å²) in [7, 11) is 0. The van der Waals surface area contributed by atoms with Crippen LogP contribution in [0.5, 0.6) is 0 Å². The Hall–Kier alpha value is -2.92. The second-order valence-corrected chi connectivity index (χ2v) is 5.06. The number of hydrogen-bond acceptors (Lipinski definition) is 5. The van der Waals surface area contributed by atoms with Gasteiger partial charge in [-0.1, -0.05) is 48.5 Å². The van der Waals surface area contributed by atoms with E-state index in [1.54, 1.807) is 12.3 Å². The number of aliphatic hydroxyl groups excluding tert-OH is 1. The molecule has 3 N–H and O–H groups in total. The molecule has 0 aliphatic rings. The van der Waals surface area contributed by atoms with Crippen molar-refractivity contribution < 1.29 is 5.11 Å². The van der Waals surface area contributed by atoms with Gasteiger partial charge < -0.3 is 15.7 Å². The van der Waals surface area contributed by atoms with Crippen LogP contribution in [0.1, 0.15) is 11.7 Å². The smallest absolute Gasteiger partial charge is 0.229 e. The van der Waals surface area contributed by atoms with Gasteiger partial charge in [-0.15, -0.1) is 0 Å². The van der Waals surface area contributed by atoms with Crippen LogP contribution in [0.15, 0.2) is 72.9 Å². The van der Waals surface area contributed by atoms with Gasteiger partial charge in [0.25, 0.3) is 0 Å². The van der Waals surface area contributed by atoms with Gasteiger partial charge in [-0.25, -0.2) is 4.98 Å². The fourth-order valence-electron chi connectivity index (χ4n) is 2.16. The Morgan fingerprint density at radius 2 is 1.61 bits per heavy atom. The van der Waals surface area contributed by atoms with Crippen molar-refractivity contribution in [1.82, 2.24) is 9.97 Å². The van der Waals surface area contributed by atoms with Gasteiger partial charge in [0.1, 0.15) is 5.82 Å². The number of aromatic nitrogens is 2. The van der Waals surface area contributed by atoms with Gasteiger partial charge in [0.15, 0.2) is 0 Å². The van der Waals surface area contributed by atoms with Crippen molar-refractivity contribution in [3.63, 3.8) is 0 Å². The summed E-state index contributed by atoms with van der Waals surface area (Å²) in [4.78, 5) is 8.58. The Labute approximate surface area is 135 Å². The second kappa shape index (κ2) is 7.38. The average molecular weight is 306 g/mol. The van der Waals surface area contributed by atoms with E-state index in [1.165, 1.54) is 0 Å². The molecule has 0 fully saturated rings. The predicted molar refractivity (Wildman–Crippen MR) is 91.6 cm³/mol. The number of nitrogens with zero attached hydrogens (tertiary/aromatic N) is 2. The molecule has 3 rings (SSSR count). The lowest BCUT2D eigenvalue weighted by Crippen LogP contribution is -2.13. The van der Waals surface area contributed by atoms with Gasteiger partial charge in [-0.05, 0) is 23.8 Å². The average Bonchev–Trinajstić information content (AvgIpc) is 2.62. The zero-order valence-electron chi connectivity index (χ0n) is 12.6. The second-order valence-electron chi connectivity index (χ2n) is 5.06. The van der Waals surface area contributed by atoms with Gasteiger partial charge in [0.05, 0.1) is 6.10 Å². The first-order valence-electron chi connectivity index (χ1n) is 7.43. The van der Waals surface area contributed by atoms with Gasteiger partial charge in [0, 0.05) is 18.4 Å². The van der Waals surface area contributed by atoms with E-state index < -0.39 is 6.10 Å². The molecule has 0 bridgehead atoms. The molecule has 1 aromatic heterocycles. The first kappa shape index (κ1) is 15.0. The molecule has 0 aliphatic carbocycles. The Morgan fingerprint density at radius 3 is 2.35 bits per heavy atom. The lowest BCUT2D eigenvalue weighted by molar-refractivity contribution is 0.191. The molecule has 116 valence electrons. The molecule has 0 radical (unpaired) electrons. The van der Waals surface area contributed by atoms with Crippen LogP contribution in [0.3, 0.4) is 0 Å². The summed E-state index contributed by atoms with van der Waals surface area (Å²) in [5.41, 5.74) is 1.80. The van der Waals surface area contributed by atoms with Crippen molar-refractivity contribution in [2.24, 2.45) is 0 Å². The van der Waals surface area contributed by atoms with Crippen molar-refractivity contribution in [1.29, 1.82) is 0 Å². The topological polar surface area (TPSA) is 70.1 Å². The number of rotatable bonds is 6. The maximum atomic E-state index is 10.2. The number of anilines is 3. The summed E-state index contributed by atoms with van der Waals surface area (Å²) in [6.07, 6.45) is 1.09. The molecule has 1 atom stereocenters. The molecule has 0 saturated heterocycles. The first-order valence-corrected chi connectivity index (χ1v) is 7.43. The molecule has 2 aromatic carbocycles. The zero-order valence-corrected chi connectivity index (χ0v) is 12.6.